The maximum atomic E-state index is 12.4. The van der Waals surface area contributed by atoms with Gasteiger partial charge < -0.3 is 15.8 Å². The summed E-state index contributed by atoms with van der Waals surface area (Å²) in [5, 5.41) is 3.13. The summed E-state index contributed by atoms with van der Waals surface area (Å²) >= 11 is 0. The number of nitrogens with two attached hydrogens (primary N) is 1. The van der Waals surface area contributed by atoms with Gasteiger partial charge in [0.05, 0.1) is 5.54 Å². The second kappa shape index (κ2) is 8.88. The summed E-state index contributed by atoms with van der Waals surface area (Å²) in [6.07, 6.45) is 4.19. The summed E-state index contributed by atoms with van der Waals surface area (Å²) in [6.45, 7) is 1.01. The minimum Gasteiger partial charge on any atom is -0.489 e. The smallest absolute Gasteiger partial charge is 0.251 e. The van der Waals surface area contributed by atoms with Crippen LogP contribution in [0.5, 0.6) is 5.75 Å². The molecule has 134 valence electrons. The standard InChI is InChI=1S/C20H24N2O2.ClH/c21-15-20(12-4-5-13-20)22-19(23)17-8-10-18(11-9-17)24-14-16-6-2-1-3-7-16;/h1-3,6-11H,4-5,12-15,21H2,(H,22,23);1H. The number of hydrogen-bond acceptors (Lipinski definition) is 3. The number of benzene rings is 2. The van der Waals surface area contributed by atoms with Crippen molar-refractivity contribution in [2.75, 3.05) is 6.54 Å². The Bertz CT molecular complexity index is 668. The van der Waals surface area contributed by atoms with Gasteiger partial charge in [0, 0.05) is 12.1 Å². The first kappa shape index (κ1) is 19.3. The molecule has 0 bridgehead atoms. The van der Waals surface area contributed by atoms with Crippen molar-refractivity contribution in [3.63, 3.8) is 0 Å². The minimum absolute atomic E-state index is 0. The van der Waals surface area contributed by atoms with E-state index in [2.05, 4.69) is 5.32 Å². The van der Waals surface area contributed by atoms with Gasteiger partial charge in [-0.3, -0.25) is 4.79 Å². The van der Waals surface area contributed by atoms with E-state index in [1.807, 2.05) is 42.5 Å². The van der Waals surface area contributed by atoms with E-state index in [0.29, 0.717) is 18.7 Å². The molecule has 1 amide bonds. The van der Waals surface area contributed by atoms with E-state index in [1.165, 1.54) is 0 Å². The van der Waals surface area contributed by atoms with Crippen molar-refractivity contribution in [3.8, 4) is 5.75 Å². The highest BCUT2D eigenvalue weighted by molar-refractivity contribution is 5.94. The Morgan fingerprint density at radius 2 is 1.68 bits per heavy atom. The lowest BCUT2D eigenvalue weighted by atomic mass is 9.97. The molecule has 3 rings (SSSR count). The van der Waals surface area contributed by atoms with Gasteiger partial charge in [0.25, 0.3) is 5.91 Å². The number of carbonyl (C=O) groups is 1. The first-order valence-corrected chi connectivity index (χ1v) is 8.50. The van der Waals surface area contributed by atoms with Crippen molar-refractivity contribution in [1.82, 2.24) is 5.32 Å². The van der Waals surface area contributed by atoms with E-state index in [-0.39, 0.29) is 23.9 Å². The molecule has 0 saturated heterocycles. The molecule has 2 aromatic carbocycles. The van der Waals surface area contributed by atoms with Gasteiger partial charge in [0.2, 0.25) is 0 Å². The van der Waals surface area contributed by atoms with Gasteiger partial charge in [-0.1, -0.05) is 43.2 Å². The molecule has 3 N–H and O–H groups in total. The number of rotatable bonds is 6. The lowest BCUT2D eigenvalue weighted by molar-refractivity contribution is 0.0903. The van der Waals surface area contributed by atoms with E-state index in [9.17, 15) is 4.79 Å². The third-order valence-corrected chi connectivity index (χ3v) is 4.69. The van der Waals surface area contributed by atoms with Crippen molar-refractivity contribution < 1.29 is 9.53 Å². The van der Waals surface area contributed by atoms with Crippen LogP contribution in [0.2, 0.25) is 0 Å². The molecule has 1 aliphatic carbocycles. The predicted molar refractivity (Wildman–Crippen MR) is 102 cm³/mol. The molecule has 0 spiro atoms. The molecule has 0 aromatic heterocycles. The second-order valence-electron chi connectivity index (χ2n) is 6.44. The normalized spacial score (nSPS) is 15.2. The average molecular weight is 361 g/mol. The number of nitrogens with one attached hydrogen (secondary N) is 1. The van der Waals surface area contributed by atoms with Crippen molar-refractivity contribution in [2.24, 2.45) is 5.73 Å². The monoisotopic (exact) mass is 360 g/mol. The first-order valence-electron chi connectivity index (χ1n) is 8.50. The van der Waals surface area contributed by atoms with E-state index in [4.69, 9.17) is 10.5 Å². The van der Waals surface area contributed by atoms with Crippen LogP contribution < -0.4 is 15.8 Å². The van der Waals surface area contributed by atoms with Gasteiger partial charge in [0.15, 0.2) is 0 Å². The zero-order valence-electron chi connectivity index (χ0n) is 14.2. The first-order chi connectivity index (χ1) is 11.7. The molecule has 1 saturated carbocycles. The van der Waals surface area contributed by atoms with E-state index in [1.54, 1.807) is 12.1 Å². The fraction of sp³-hybridized carbons (Fsp3) is 0.350. The summed E-state index contributed by atoms with van der Waals surface area (Å²) in [4.78, 5) is 12.4. The van der Waals surface area contributed by atoms with Crippen LogP contribution in [0.4, 0.5) is 0 Å². The molecule has 0 atom stereocenters. The summed E-state index contributed by atoms with van der Waals surface area (Å²) in [5.41, 5.74) is 7.41. The SMILES string of the molecule is Cl.NCC1(NC(=O)c2ccc(OCc3ccccc3)cc2)CCCC1. The quantitative estimate of drug-likeness (QED) is 0.825. The number of amides is 1. The molecule has 0 radical (unpaired) electrons. The zero-order valence-corrected chi connectivity index (χ0v) is 15.1. The fourth-order valence-corrected chi connectivity index (χ4v) is 3.19. The molecular weight excluding hydrogens is 336 g/mol. The van der Waals surface area contributed by atoms with Gasteiger partial charge >= 0.3 is 0 Å². The summed E-state index contributed by atoms with van der Waals surface area (Å²) in [6, 6.07) is 17.3. The van der Waals surface area contributed by atoms with Crippen molar-refractivity contribution in [3.05, 3.63) is 65.7 Å². The van der Waals surface area contributed by atoms with Crippen molar-refractivity contribution in [1.29, 1.82) is 0 Å². The second-order valence-corrected chi connectivity index (χ2v) is 6.44. The van der Waals surface area contributed by atoms with Crippen LogP contribution in [0, 0.1) is 0 Å². The topological polar surface area (TPSA) is 64.3 Å². The number of hydrogen-bond donors (Lipinski definition) is 2. The van der Waals surface area contributed by atoms with Crippen LogP contribution in [0.3, 0.4) is 0 Å². The lowest BCUT2D eigenvalue weighted by Crippen LogP contribution is -2.51. The predicted octanol–water partition coefficient (Wildman–Crippen LogP) is 3.69. The Kier molecular flexibility index (Phi) is 6.85. The number of ether oxygens (including phenoxy) is 1. The molecule has 0 aliphatic heterocycles. The number of halogens is 1. The molecule has 0 unspecified atom stereocenters. The van der Waals surface area contributed by atoms with Gasteiger partial charge in [-0.25, -0.2) is 0 Å². The summed E-state index contributed by atoms with van der Waals surface area (Å²) < 4.78 is 5.75. The Hall–Kier alpha value is -2.04. The zero-order chi connectivity index (χ0) is 16.8. The summed E-state index contributed by atoms with van der Waals surface area (Å²) in [7, 11) is 0. The molecular formula is C20H25ClN2O2. The van der Waals surface area contributed by atoms with Gasteiger partial charge in [-0.05, 0) is 42.7 Å². The number of carbonyl (C=O) groups excluding carboxylic acids is 1. The van der Waals surface area contributed by atoms with Crippen LogP contribution in [0.15, 0.2) is 54.6 Å². The Morgan fingerprint density at radius 3 is 2.28 bits per heavy atom. The van der Waals surface area contributed by atoms with Gasteiger partial charge in [-0.15, -0.1) is 12.4 Å². The molecule has 1 fully saturated rings. The van der Waals surface area contributed by atoms with E-state index in [0.717, 1.165) is 37.0 Å². The minimum atomic E-state index is -0.223. The van der Waals surface area contributed by atoms with Crippen LogP contribution in [-0.4, -0.2) is 18.0 Å². The van der Waals surface area contributed by atoms with Crippen LogP contribution in [0.25, 0.3) is 0 Å². The molecule has 5 heteroatoms. The lowest BCUT2D eigenvalue weighted by Gasteiger charge is -2.28. The fourth-order valence-electron chi connectivity index (χ4n) is 3.19. The Morgan fingerprint density at radius 1 is 1.04 bits per heavy atom. The highest BCUT2D eigenvalue weighted by atomic mass is 35.5. The van der Waals surface area contributed by atoms with Crippen LogP contribution in [-0.2, 0) is 6.61 Å². The Labute approximate surface area is 155 Å². The highest BCUT2D eigenvalue weighted by Gasteiger charge is 2.33. The molecule has 2 aromatic rings. The highest BCUT2D eigenvalue weighted by Crippen LogP contribution is 2.29. The van der Waals surface area contributed by atoms with Crippen LogP contribution >= 0.6 is 12.4 Å². The van der Waals surface area contributed by atoms with Gasteiger partial charge in [-0.2, -0.15) is 0 Å². The van der Waals surface area contributed by atoms with Crippen LogP contribution in [0.1, 0.15) is 41.6 Å². The van der Waals surface area contributed by atoms with Crippen molar-refractivity contribution in [2.45, 2.75) is 37.8 Å². The molecule has 1 aliphatic rings. The molecule has 25 heavy (non-hydrogen) atoms. The maximum absolute atomic E-state index is 12.4. The van der Waals surface area contributed by atoms with E-state index < -0.39 is 0 Å². The van der Waals surface area contributed by atoms with E-state index >= 15 is 0 Å². The van der Waals surface area contributed by atoms with Gasteiger partial charge in [0.1, 0.15) is 12.4 Å². The molecule has 4 nitrogen and oxygen atoms in total. The van der Waals surface area contributed by atoms with Crippen molar-refractivity contribution >= 4 is 18.3 Å². The Balaban J connectivity index is 0.00000225. The maximum Gasteiger partial charge on any atom is 0.251 e. The average Bonchev–Trinajstić information content (AvgIpc) is 3.10. The third-order valence-electron chi connectivity index (χ3n) is 4.69. The summed E-state index contributed by atoms with van der Waals surface area (Å²) in [5.74, 6) is 0.696. The molecule has 0 heterocycles. The largest absolute Gasteiger partial charge is 0.489 e. The third kappa shape index (κ3) is 4.97.